The van der Waals surface area contributed by atoms with Gasteiger partial charge >= 0.3 is 0 Å². The highest BCUT2D eigenvalue weighted by molar-refractivity contribution is 5.76. The van der Waals surface area contributed by atoms with E-state index in [4.69, 9.17) is 5.26 Å². The molecule has 22 heavy (non-hydrogen) atoms. The lowest BCUT2D eigenvalue weighted by atomic mass is 10.1. The fourth-order valence-corrected chi connectivity index (χ4v) is 2.03. The molecule has 2 rings (SSSR count). The van der Waals surface area contributed by atoms with Crippen LogP contribution in [0.4, 0.5) is 4.39 Å². The Kier molecular flexibility index (Phi) is 5.23. The first kappa shape index (κ1) is 15.7. The molecular weight excluding hydrogens is 283 g/mol. The van der Waals surface area contributed by atoms with Gasteiger partial charge in [0.15, 0.2) is 0 Å². The Morgan fingerprint density at radius 1 is 1.27 bits per heavy atom. The minimum Gasteiger partial charge on any atom is -0.388 e. The highest BCUT2D eigenvalue weighted by Crippen LogP contribution is 2.17. The first-order valence-electron chi connectivity index (χ1n) is 6.78. The lowest BCUT2D eigenvalue weighted by molar-refractivity contribution is -0.123. The minimum atomic E-state index is -1.05. The van der Waals surface area contributed by atoms with Crippen LogP contribution in [-0.2, 0) is 11.3 Å². The van der Waals surface area contributed by atoms with Gasteiger partial charge in [-0.2, -0.15) is 5.26 Å². The number of amides is 1. The van der Waals surface area contributed by atoms with E-state index >= 15 is 0 Å². The summed E-state index contributed by atoms with van der Waals surface area (Å²) in [4.78, 5) is 11.8. The van der Waals surface area contributed by atoms with Gasteiger partial charge < -0.3 is 10.4 Å². The van der Waals surface area contributed by atoms with Crippen LogP contribution in [0, 0.1) is 17.1 Å². The molecule has 0 aliphatic carbocycles. The summed E-state index contributed by atoms with van der Waals surface area (Å²) in [5.41, 5.74) is 1.68. The number of rotatable bonds is 5. The van der Waals surface area contributed by atoms with Crippen molar-refractivity contribution in [1.82, 2.24) is 5.32 Å². The third kappa shape index (κ3) is 4.40. The van der Waals surface area contributed by atoms with Gasteiger partial charge in [0.2, 0.25) is 5.91 Å². The second-order valence-electron chi connectivity index (χ2n) is 4.86. The largest absolute Gasteiger partial charge is 0.388 e. The predicted molar refractivity (Wildman–Crippen MR) is 79.0 cm³/mol. The normalized spacial score (nSPS) is 11.5. The fraction of sp³-hybridized carbons (Fsp3) is 0.176. The molecule has 112 valence electrons. The number of nitriles is 1. The van der Waals surface area contributed by atoms with Crippen LogP contribution in [0.2, 0.25) is 0 Å². The van der Waals surface area contributed by atoms with Crippen molar-refractivity contribution in [1.29, 1.82) is 5.26 Å². The fourth-order valence-electron chi connectivity index (χ4n) is 2.03. The van der Waals surface area contributed by atoms with Crippen LogP contribution in [0.15, 0.2) is 48.5 Å². The molecule has 0 bridgehead atoms. The summed E-state index contributed by atoms with van der Waals surface area (Å²) in [6.45, 7) is 0.268. The number of benzene rings is 2. The molecule has 2 N–H and O–H groups in total. The number of hydrogen-bond donors (Lipinski definition) is 2. The number of hydrogen-bond acceptors (Lipinski definition) is 3. The van der Waals surface area contributed by atoms with E-state index in [0.717, 1.165) is 5.56 Å². The Hall–Kier alpha value is -2.71. The average molecular weight is 298 g/mol. The summed E-state index contributed by atoms with van der Waals surface area (Å²) in [5, 5.41) is 21.4. The minimum absolute atomic E-state index is 0.151. The van der Waals surface area contributed by atoms with Crippen molar-refractivity contribution in [3.8, 4) is 6.07 Å². The van der Waals surface area contributed by atoms with E-state index in [9.17, 15) is 14.3 Å². The molecule has 2 aromatic rings. The molecule has 0 aliphatic heterocycles. The van der Waals surface area contributed by atoms with E-state index < -0.39 is 11.9 Å². The van der Waals surface area contributed by atoms with Crippen molar-refractivity contribution in [3.05, 3.63) is 71.0 Å². The van der Waals surface area contributed by atoms with Gasteiger partial charge in [-0.15, -0.1) is 0 Å². The number of carbonyl (C=O) groups excluding carboxylic acids is 1. The van der Waals surface area contributed by atoms with Gasteiger partial charge in [0.1, 0.15) is 5.82 Å². The molecule has 1 atom stereocenters. The average Bonchev–Trinajstić information content (AvgIpc) is 2.53. The summed E-state index contributed by atoms with van der Waals surface area (Å²) < 4.78 is 13.1. The first-order chi connectivity index (χ1) is 10.6. The van der Waals surface area contributed by atoms with Crippen LogP contribution in [0.25, 0.3) is 0 Å². The third-order valence-electron chi connectivity index (χ3n) is 3.16. The van der Waals surface area contributed by atoms with Gasteiger partial charge in [-0.25, -0.2) is 4.39 Å². The number of nitrogens with zero attached hydrogens (tertiary/aromatic N) is 1. The number of aliphatic hydroxyl groups is 1. The van der Waals surface area contributed by atoms with Crippen LogP contribution in [0.1, 0.15) is 29.2 Å². The molecule has 4 nitrogen and oxygen atoms in total. The van der Waals surface area contributed by atoms with Gasteiger partial charge in [0.25, 0.3) is 0 Å². The topological polar surface area (TPSA) is 73.1 Å². The van der Waals surface area contributed by atoms with Gasteiger partial charge in [-0.3, -0.25) is 4.79 Å². The first-order valence-corrected chi connectivity index (χ1v) is 6.78. The monoisotopic (exact) mass is 298 g/mol. The number of carbonyl (C=O) groups is 1. The second kappa shape index (κ2) is 7.34. The van der Waals surface area contributed by atoms with Crippen molar-refractivity contribution in [3.63, 3.8) is 0 Å². The highest BCUT2D eigenvalue weighted by Gasteiger charge is 2.13. The quantitative estimate of drug-likeness (QED) is 0.890. The van der Waals surface area contributed by atoms with Crippen molar-refractivity contribution in [2.45, 2.75) is 19.1 Å². The Morgan fingerprint density at radius 3 is 2.77 bits per heavy atom. The van der Waals surface area contributed by atoms with Crippen LogP contribution >= 0.6 is 0 Å². The van der Waals surface area contributed by atoms with Gasteiger partial charge in [-0.1, -0.05) is 24.3 Å². The summed E-state index contributed by atoms with van der Waals surface area (Å²) in [7, 11) is 0. The van der Waals surface area contributed by atoms with E-state index in [1.54, 1.807) is 30.3 Å². The van der Waals surface area contributed by atoms with Crippen LogP contribution in [0.3, 0.4) is 0 Å². The summed E-state index contributed by atoms with van der Waals surface area (Å²) in [5.74, 6) is -0.801. The Balaban J connectivity index is 1.89. The van der Waals surface area contributed by atoms with E-state index in [1.165, 1.54) is 18.2 Å². The summed E-state index contributed by atoms with van der Waals surface area (Å²) >= 11 is 0. The van der Waals surface area contributed by atoms with Gasteiger partial charge in [-0.05, 0) is 35.4 Å². The molecular formula is C17H15FN2O2. The molecule has 0 saturated heterocycles. The number of halogens is 1. The van der Waals surface area contributed by atoms with Gasteiger partial charge in [0.05, 0.1) is 24.2 Å². The molecule has 0 heterocycles. The smallest absolute Gasteiger partial charge is 0.223 e. The van der Waals surface area contributed by atoms with E-state index in [-0.39, 0.29) is 18.9 Å². The molecule has 0 saturated carbocycles. The molecule has 0 fully saturated rings. The van der Waals surface area contributed by atoms with Crippen molar-refractivity contribution < 1.29 is 14.3 Å². The standard InChI is InChI=1S/C17H15FN2O2/c18-15-6-2-5-14(8-15)16(21)9-17(22)20-11-13-4-1-3-12(7-13)10-19/h1-8,16,21H,9,11H2,(H,20,22). The number of aliphatic hydroxyl groups excluding tert-OH is 1. The predicted octanol–water partition coefficient (Wildman–Crippen LogP) is 2.44. The molecule has 1 unspecified atom stereocenters. The SMILES string of the molecule is N#Cc1cccc(CNC(=O)CC(O)c2cccc(F)c2)c1. The second-order valence-corrected chi connectivity index (χ2v) is 4.86. The van der Waals surface area contributed by atoms with Crippen molar-refractivity contribution in [2.24, 2.45) is 0 Å². The molecule has 0 radical (unpaired) electrons. The van der Waals surface area contributed by atoms with E-state index in [2.05, 4.69) is 5.32 Å². The maximum atomic E-state index is 13.1. The van der Waals surface area contributed by atoms with Gasteiger partial charge in [0, 0.05) is 6.54 Å². The Morgan fingerprint density at radius 2 is 2.05 bits per heavy atom. The Bertz CT molecular complexity index is 710. The molecule has 1 amide bonds. The Labute approximate surface area is 127 Å². The lowest BCUT2D eigenvalue weighted by Crippen LogP contribution is -2.24. The zero-order valence-corrected chi connectivity index (χ0v) is 11.8. The molecule has 2 aromatic carbocycles. The molecule has 0 spiro atoms. The molecule has 5 heteroatoms. The lowest BCUT2D eigenvalue weighted by Gasteiger charge is -2.11. The molecule has 0 aliphatic rings. The van der Waals surface area contributed by atoms with E-state index in [1.807, 2.05) is 6.07 Å². The zero-order valence-electron chi connectivity index (χ0n) is 11.8. The maximum absolute atomic E-state index is 13.1. The van der Waals surface area contributed by atoms with E-state index in [0.29, 0.717) is 11.1 Å². The van der Waals surface area contributed by atoms with Crippen molar-refractivity contribution >= 4 is 5.91 Å². The molecule has 0 aromatic heterocycles. The third-order valence-corrected chi connectivity index (χ3v) is 3.16. The zero-order chi connectivity index (χ0) is 15.9. The maximum Gasteiger partial charge on any atom is 0.223 e. The van der Waals surface area contributed by atoms with Crippen LogP contribution < -0.4 is 5.32 Å². The summed E-state index contributed by atoms with van der Waals surface area (Å²) in [6, 6.07) is 14.5. The van der Waals surface area contributed by atoms with Crippen LogP contribution in [-0.4, -0.2) is 11.0 Å². The van der Waals surface area contributed by atoms with Crippen LogP contribution in [0.5, 0.6) is 0 Å². The summed E-state index contributed by atoms with van der Waals surface area (Å²) in [6.07, 6.45) is -1.21. The number of nitrogens with one attached hydrogen (secondary N) is 1. The highest BCUT2D eigenvalue weighted by atomic mass is 19.1. The van der Waals surface area contributed by atoms with Crippen molar-refractivity contribution in [2.75, 3.05) is 0 Å².